The third-order valence-electron chi connectivity index (χ3n) is 5.65. The molecule has 0 aliphatic carbocycles. The Morgan fingerprint density at radius 3 is 2.50 bits per heavy atom. The molecule has 1 aromatic rings. The standard InChI is InChI=1S/C21H28N2O2S/c1-12(2)23-19(24)18(26-20(23)25)10-15-9-16-14(4)11-21(5,6)22(7)17(16)8-13(15)3/h8-10,12,14H,11H2,1-7H3/b18-10-/t14-/m0/s1. The quantitative estimate of drug-likeness (QED) is 0.672. The third-order valence-corrected chi connectivity index (χ3v) is 6.53. The molecule has 140 valence electrons. The molecule has 0 unspecified atom stereocenters. The van der Waals surface area contributed by atoms with Crippen molar-refractivity contribution in [2.75, 3.05) is 11.9 Å². The number of rotatable bonds is 2. The first-order valence-electron chi connectivity index (χ1n) is 9.18. The predicted molar refractivity (Wildman–Crippen MR) is 110 cm³/mol. The zero-order valence-electron chi connectivity index (χ0n) is 16.7. The number of anilines is 1. The number of carbonyl (C=O) groups is 2. The number of amides is 2. The molecule has 0 saturated carbocycles. The number of nitrogens with zero attached hydrogens (tertiary/aromatic N) is 2. The largest absolute Gasteiger partial charge is 0.369 e. The molecule has 0 N–H and O–H groups in total. The van der Waals surface area contributed by atoms with Gasteiger partial charge in [-0.15, -0.1) is 0 Å². The zero-order valence-corrected chi connectivity index (χ0v) is 17.5. The molecule has 4 nitrogen and oxygen atoms in total. The molecule has 5 heteroatoms. The van der Waals surface area contributed by atoms with Crippen LogP contribution in [0.25, 0.3) is 6.08 Å². The van der Waals surface area contributed by atoms with Gasteiger partial charge in [-0.05, 0) is 93.6 Å². The Balaban J connectivity index is 2.03. The molecule has 1 atom stereocenters. The lowest BCUT2D eigenvalue weighted by Gasteiger charge is -2.45. The van der Waals surface area contributed by atoms with Crippen LogP contribution in [0, 0.1) is 6.92 Å². The maximum atomic E-state index is 12.6. The molecule has 0 bridgehead atoms. The van der Waals surface area contributed by atoms with E-state index >= 15 is 0 Å². The summed E-state index contributed by atoms with van der Waals surface area (Å²) in [5.74, 6) is 0.271. The number of thioether (sulfide) groups is 1. The second kappa shape index (κ2) is 6.45. The Kier molecular flexibility index (Phi) is 4.72. The molecular formula is C21H28N2O2S. The lowest BCUT2D eigenvalue weighted by Crippen LogP contribution is -2.45. The van der Waals surface area contributed by atoms with Crippen molar-refractivity contribution in [2.24, 2.45) is 0 Å². The van der Waals surface area contributed by atoms with E-state index in [2.05, 4.69) is 51.8 Å². The molecule has 26 heavy (non-hydrogen) atoms. The van der Waals surface area contributed by atoms with E-state index in [0.29, 0.717) is 10.8 Å². The minimum Gasteiger partial charge on any atom is -0.369 e. The molecule has 1 saturated heterocycles. The first-order chi connectivity index (χ1) is 12.0. The van der Waals surface area contributed by atoms with Gasteiger partial charge in [-0.25, -0.2) is 0 Å². The van der Waals surface area contributed by atoms with Gasteiger partial charge in [0.15, 0.2) is 0 Å². The van der Waals surface area contributed by atoms with E-state index in [9.17, 15) is 9.59 Å². The maximum absolute atomic E-state index is 12.6. The Morgan fingerprint density at radius 1 is 1.27 bits per heavy atom. The van der Waals surface area contributed by atoms with E-state index in [0.717, 1.165) is 29.3 Å². The van der Waals surface area contributed by atoms with Gasteiger partial charge in [-0.2, -0.15) is 0 Å². The average Bonchev–Trinajstić information content (AvgIpc) is 2.80. The summed E-state index contributed by atoms with van der Waals surface area (Å²) >= 11 is 1.04. The first kappa shape index (κ1) is 19.0. The Morgan fingerprint density at radius 2 is 1.92 bits per heavy atom. The Labute approximate surface area is 160 Å². The van der Waals surface area contributed by atoms with Gasteiger partial charge < -0.3 is 4.90 Å². The Bertz CT molecular complexity index is 810. The lowest BCUT2D eigenvalue weighted by molar-refractivity contribution is -0.123. The van der Waals surface area contributed by atoms with Gasteiger partial charge in [0, 0.05) is 24.3 Å². The summed E-state index contributed by atoms with van der Waals surface area (Å²) in [5, 5.41) is -0.179. The van der Waals surface area contributed by atoms with Crippen LogP contribution in [0.3, 0.4) is 0 Å². The second-order valence-electron chi connectivity index (χ2n) is 8.39. The molecule has 1 aromatic carbocycles. The van der Waals surface area contributed by atoms with Crippen LogP contribution in [0.15, 0.2) is 17.0 Å². The highest BCUT2D eigenvalue weighted by atomic mass is 32.2. The number of hydrogen-bond donors (Lipinski definition) is 0. The highest BCUT2D eigenvalue weighted by Crippen LogP contribution is 2.44. The summed E-state index contributed by atoms with van der Waals surface area (Å²) in [7, 11) is 2.15. The Hall–Kier alpha value is -1.75. The van der Waals surface area contributed by atoms with Crippen molar-refractivity contribution in [1.82, 2.24) is 4.90 Å². The smallest absolute Gasteiger partial charge is 0.293 e. The van der Waals surface area contributed by atoms with E-state index in [1.807, 2.05) is 19.9 Å². The van der Waals surface area contributed by atoms with Crippen LogP contribution in [0.5, 0.6) is 0 Å². The lowest BCUT2D eigenvalue weighted by atomic mass is 9.79. The van der Waals surface area contributed by atoms with E-state index in [1.54, 1.807) is 0 Å². The number of imide groups is 1. The summed E-state index contributed by atoms with van der Waals surface area (Å²) in [4.78, 5) is 28.9. The highest BCUT2D eigenvalue weighted by molar-refractivity contribution is 8.18. The topological polar surface area (TPSA) is 40.6 Å². The van der Waals surface area contributed by atoms with Crippen molar-refractivity contribution in [3.05, 3.63) is 33.7 Å². The SMILES string of the molecule is Cc1cc2c(cc1/C=C1\SC(=O)N(C(C)C)C1=O)[C@@H](C)CC(C)(C)N2C. The molecular weight excluding hydrogens is 344 g/mol. The van der Waals surface area contributed by atoms with Gasteiger partial charge >= 0.3 is 0 Å². The van der Waals surface area contributed by atoms with Crippen LogP contribution in [0.1, 0.15) is 63.6 Å². The number of carbonyl (C=O) groups excluding carboxylic acids is 2. The highest BCUT2D eigenvalue weighted by Gasteiger charge is 2.37. The fourth-order valence-electron chi connectivity index (χ4n) is 3.96. The minimum absolute atomic E-state index is 0.117. The van der Waals surface area contributed by atoms with Gasteiger partial charge in [0.25, 0.3) is 11.1 Å². The summed E-state index contributed by atoms with van der Waals surface area (Å²) in [6.45, 7) is 12.6. The summed E-state index contributed by atoms with van der Waals surface area (Å²) in [6.07, 6.45) is 2.97. The van der Waals surface area contributed by atoms with Gasteiger partial charge in [-0.3, -0.25) is 14.5 Å². The zero-order chi connectivity index (χ0) is 19.4. The third kappa shape index (κ3) is 3.07. The normalized spacial score (nSPS) is 24.0. The first-order valence-corrected chi connectivity index (χ1v) is 10.00. The van der Waals surface area contributed by atoms with Crippen LogP contribution < -0.4 is 4.90 Å². The monoisotopic (exact) mass is 372 g/mol. The van der Waals surface area contributed by atoms with Gasteiger partial charge in [0.1, 0.15) is 0 Å². The van der Waals surface area contributed by atoms with Crippen molar-refractivity contribution < 1.29 is 9.59 Å². The number of fused-ring (bicyclic) bond motifs is 1. The van der Waals surface area contributed by atoms with Crippen LogP contribution >= 0.6 is 11.8 Å². The van der Waals surface area contributed by atoms with Crippen molar-refractivity contribution in [1.29, 1.82) is 0 Å². The predicted octanol–water partition coefficient (Wildman–Crippen LogP) is 5.16. The number of benzene rings is 1. The fourth-order valence-corrected chi connectivity index (χ4v) is 4.91. The summed E-state index contributed by atoms with van der Waals surface area (Å²) < 4.78 is 0. The van der Waals surface area contributed by atoms with Crippen LogP contribution in [0.4, 0.5) is 10.5 Å². The second-order valence-corrected chi connectivity index (χ2v) is 9.38. The van der Waals surface area contributed by atoms with E-state index in [1.165, 1.54) is 16.2 Å². The molecule has 2 aliphatic heterocycles. The van der Waals surface area contributed by atoms with Crippen molar-refractivity contribution in [3.8, 4) is 0 Å². The van der Waals surface area contributed by atoms with E-state index in [-0.39, 0.29) is 22.7 Å². The molecule has 0 radical (unpaired) electrons. The minimum atomic E-state index is -0.182. The van der Waals surface area contributed by atoms with Gasteiger partial charge in [0.2, 0.25) is 0 Å². The van der Waals surface area contributed by atoms with Crippen LogP contribution in [-0.4, -0.2) is 34.7 Å². The summed E-state index contributed by atoms with van der Waals surface area (Å²) in [6, 6.07) is 4.30. The van der Waals surface area contributed by atoms with E-state index in [4.69, 9.17) is 0 Å². The maximum Gasteiger partial charge on any atom is 0.293 e. The molecule has 2 amide bonds. The van der Waals surface area contributed by atoms with Gasteiger partial charge in [-0.1, -0.05) is 6.92 Å². The average molecular weight is 373 g/mol. The molecule has 2 heterocycles. The molecule has 1 fully saturated rings. The molecule has 0 spiro atoms. The van der Waals surface area contributed by atoms with E-state index < -0.39 is 0 Å². The van der Waals surface area contributed by atoms with Crippen LogP contribution in [0.2, 0.25) is 0 Å². The van der Waals surface area contributed by atoms with Crippen molar-refractivity contribution >= 4 is 34.7 Å². The summed E-state index contributed by atoms with van der Waals surface area (Å²) in [5.41, 5.74) is 4.85. The number of hydrogen-bond acceptors (Lipinski definition) is 4. The molecule has 2 aliphatic rings. The molecule has 0 aromatic heterocycles. The van der Waals surface area contributed by atoms with Crippen molar-refractivity contribution in [2.45, 2.75) is 65.5 Å². The molecule has 3 rings (SSSR count). The number of aryl methyl sites for hydroxylation is 1. The fraction of sp³-hybridized carbons (Fsp3) is 0.524. The van der Waals surface area contributed by atoms with Gasteiger partial charge in [0.05, 0.1) is 4.91 Å². The van der Waals surface area contributed by atoms with Crippen LogP contribution in [-0.2, 0) is 4.79 Å². The van der Waals surface area contributed by atoms with Crippen molar-refractivity contribution in [3.63, 3.8) is 0 Å².